The average molecular weight is 392 g/mol. The highest BCUT2D eigenvalue weighted by atomic mass is 32.2. The van der Waals surface area contributed by atoms with Crippen molar-refractivity contribution in [2.45, 2.75) is 31.6 Å². The van der Waals surface area contributed by atoms with E-state index >= 15 is 0 Å². The highest BCUT2D eigenvalue weighted by Crippen LogP contribution is 2.30. The molecule has 0 bridgehead atoms. The van der Waals surface area contributed by atoms with E-state index in [9.17, 15) is 18.3 Å². The molecule has 3 N–H and O–H groups in total. The third-order valence-corrected chi connectivity index (χ3v) is 5.22. The van der Waals surface area contributed by atoms with Gasteiger partial charge in [0.05, 0.1) is 23.4 Å². The van der Waals surface area contributed by atoms with Crippen LogP contribution in [0, 0.1) is 5.92 Å². The summed E-state index contributed by atoms with van der Waals surface area (Å²) in [4.78, 5) is 11.9. The number of amides is 1. The molecule has 7 nitrogen and oxygen atoms in total. The van der Waals surface area contributed by atoms with E-state index in [-0.39, 0.29) is 34.3 Å². The maximum Gasteiger partial charge on any atom is 0.262 e. The molecule has 0 radical (unpaired) electrons. The van der Waals surface area contributed by atoms with Crippen molar-refractivity contribution in [3.05, 3.63) is 42.5 Å². The number of rotatable bonds is 8. The molecule has 0 aliphatic rings. The molecule has 0 aromatic heterocycles. The van der Waals surface area contributed by atoms with Crippen LogP contribution in [-0.4, -0.2) is 26.5 Å². The van der Waals surface area contributed by atoms with Gasteiger partial charge in [-0.1, -0.05) is 26.0 Å². The minimum absolute atomic E-state index is 0.0478. The van der Waals surface area contributed by atoms with Crippen LogP contribution in [0.15, 0.2) is 47.4 Å². The van der Waals surface area contributed by atoms with Crippen molar-refractivity contribution in [3.8, 4) is 11.5 Å². The maximum absolute atomic E-state index is 12.7. The van der Waals surface area contributed by atoms with E-state index in [0.29, 0.717) is 18.1 Å². The summed E-state index contributed by atoms with van der Waals surface area (Å²) in [5.41, 5.74) is 0.335. The Morgan fingerprint density at radius 2 is 1.85 bits per heavy atom. The second kappa shape index (κ2) is 8.77. The number of phenols is 1. The first-order valence-electron chi connectivity index (χ1n) is 8.51. The lowest BCUT2D eigenvalue weighted by atomic mass is 10.1. The number of phenolic OH excluding ortho intramolecular Hbond substituents is 1. The summed E-state index contributed by atoms with van der Waals surface area (Å²) in [7, 11) is -2.50. The molecular weight excluding hydrogens is 368 g/mol. The van der Waals surface area contributed by atoms with Gasteiger partial charge in [0, 0.05) is 6.42 Å². The predicted molar refractivity (Wildman–Crippen MR) is 105 cm³/mol. The van der Waals surface area contributed by atoms with Crippen LogP contribution in [0.1, 0.15) is 26.7 Å². The monoisotopic (exact) mass is 392 g/mol. The average Bonchev–Trinajstić information content (AvgIpc) is 2.62. The number of methoxy groups -OCH3 is 1. The molecule has 1 amide bonds. The number of para-hydroxylation sites is 2. The van der Waals surface area contributed by atoms with Gasteiger partial charge in [0.15, 0.2) is 0 Å². The van der Waals surface area contributed by atoms with E-state index in [2.05, 4.69) is 10.0 Å². The molecule has 2 aromatic carbocycles. The molecule has 0 fully saturated rings. The topological polar surface area (TPSA) is 105 Å². The standard InChI is InChI=1S/C19H24N2O5S/c1-13(2)8-11-19(23)20-16-12-14(9-10-17(16)22)27(24,25)21-15-6-4-5-7-18(15)26-3/h4-7,9-10,12-13,21-22H,8,11H2,1-3H3,(H,20,23). The molecule has 0 atom stereocenters. The zero-order valence-corrected chi connectivity index (χ0v) is 16.3. The molecule has 8 heteroatoms. The van der Waals surface area contributed by atoms with Crippen LogP contribution in [0.2, 0.25) is 0 Å². The molecule has 146 valence electrons. The Bertz CT molecular complexity index is 910. The number of anilines is 2. The van der Waals surface area contributed by atoms with Crippen molar-refractivity contribution in [2.24, 2.45) is 5.92 Å². The van der Waals surface area contributed by atoms with Gasteiger partial charge in [-0.15, -0.1) is 0 Å². The number of sulfonamides is 1. The van der Waals surface area contributed by atoms with Gasteiger partial charge in [0.25, 0.3) is 10.0 Å². The number of benzene rings is 2. The fourth-order valence-electron chi connectivity index (χ4n) is 2.35. The van der Waals surface area contributed by atoms with Crippen LogP contribution >= 0.6 is 0 Å². The van der Waals surface area contributed by atoms with Crippen LogP contribution in [0.3, 0.4) is 0 Å². The van der Waals surface area contributed by atoms with Gasteiger partial charge in [-0.2, -0.15) is 0 Å². The summed E-state index contributed by atoms with van der Waals surface area (Å²) >= 11 is 0. The minimum atomic E-state index is -3.94. The van der Waals surface area contributed by atoms with Gasteiger partial charge in [0.2, 0.25) is 5.91 Å². The van der Waals surface area contributed by atoms with Crippen molar-refractivity contribution < 1.29 is 23.1 Å². The van der Waals surface area contributed by atoms with Crippen LogP contribution in [0.4, 0.5) is 11.4 Å². The van der Waals surface area contributed by atoms with Crippen LogP contribution in [-0.2, 0) is 14.8 Å². The lowest BCUT2D eigenvalue weighted by Gasteiger charge is -2.13. The molecule has 0 heterocycles. The highest BCUT2D eigenvalue weighted by Gasteiger charge is 2.19. The van der Waals surface area contributed by atoms with Gasteiger partial charge in [0.1, 0.15) is 11.5 Å². The summed E-state index contributed by atoms with van der Waals surface area (Å²) in [6, 6.07) is 10.3. The Balaban J connectivity index is 2.23. The summed E-state index contributed by atoms with van der Waals surface area (Å²) < 4.78 is 32.9. The lowest BCUT2D eigenvalue weighted by Crippen LogP contribution is -2.15. The Morgan fingerprint density at radius 3 is 2.52 bits per heavy atom. The van der Waals surface area contributed by atoms with Crippen molar-refractivity contribution in [3.63, 3.8) is 0 Å². The first kappa shape index (κ1) is 20.6. The van der Waals surface area contributed by atoms with Crippen LogP contribution in [0.25, 0.3) is 0 Å². The molecule has 0 aliphatic heterocycles. The van der Waals surface area contributed by atoms with E-state index in [1.165, 1.54) is 25.3 Å². The number of hydrogen-bond donors (Lipinski definition) is 3. The fraction of sp³-hybridized carbons (Fsp3) is 0.316. The maximum atomic E-state index is 12.7. The Morgan fingerprint density at radius 1 is 1.15 bits per heavy atom. The van der Waals surface area contributed by atoms with Crippen molar-refractivity contribution in [1.29, 1.82) is 0 Å². The van der Waals surface area contributed by atoms with Crippen molar-refractivity contribution in [1.82, 2.24) is 0 Å². The molecule has 0 saturated heterocycles. The molecule has 0 unspecified atom stereocenters. The Hall–Kier alpha value is -2.74. The molecular formula is C19H24N2O5S. The molecule has 0 spiro atoms. The van der Waals surface area contributed by atoms with E-state index < -0.39 is 10.0 Å². The Labute approximate surface area is 159 Å². The van der Waals surface area contributed by atoms with Gasteiger partial charge in [-0.25, -0.2) is 8.42 Å². The number of ether oxygens (including phenoxy) is 1. The summed E-state index contributed by atoms with van der Waals surface area (Å²) in [5, 5.41) is 12.5. The van der Waals surface area contributed by atoms with Gasteiger partial charge >= 0.3 is 0 Å². The summed E-state index contributed by atoms with van der Waals surface area (Å²) in [6.45, 7) is 4.00. The molecule has 0 aliphatic carbocycles. The third-order valence-electron chi connectivity index (χ3n) is 3.85. The van der Waals surface area contributed by atoms with Gasteiger partial charge in [-0.05, 0) is 42.7 Å². The normalized spacial score (nSPS) is 11.3. The second-order valence-corrected chi connectivity index (χ2v) is 8.15. The quantitative estimate of drug-likeness (QED) is 0.596. The summed E-state index contributed by atoms with van der Waals surface area (Å²) in [6.07, 6.45) is 0.980. The predicted octanol–water partition coefficient (Wildman–Crippen LogP) is 3.58. The third kappa shape index (κ3) is 5.62. The first-order chi connectivity index (χ1) is 12.7. The highest BCUT2D eigenvalue weighted by molar-refractivity contribution is 7.92. The number of carbonyl (C=O) groups excluding carboxylic acids is 1. The molecule has 0 saturated carbocycles. The molecule has 2 aromatic rings. The number of aromatic hydroxyl groups is 1. The van der Waals surface area contributed by atoms with Crippen molar-refractivity contribution >= 4 is 27.3 Å². The van der Waals surface area contributed by atoms with Gasteiger partial charge in [-0.3, -0.25) is 9.52 Å². The van der Waals surface area contributed by atoms with Crippen LogP contribution in [0.5, 0.6) is 11.5 Å². The zero-order chi connectivity index (χ0) is 20.0. The van der Waals surface area contributed by atoms with Crippen molar-refractivity contribution in [2.75, 3.05) is 17.1 Å². The van der Waals surface area contributed by atoms with E-state index in [0.717, 1.165) is 0 Å². The van der Waals surface area contributed by atoms with E-state index in [4.69, 9.17) is 4.74 Å². The van der Waals surface area contributed by atoms with E-state index in [1.54, 1.807) is 24.3 Å². The fourth-order valence-corrected chi connectivity index (χ4v) is 3.44. The Kier molecular flexibility index (Phi) is 6.68. The number of hydrogen-bond acceptors (Lipinski definition) is 5. The number of nitrogens with one attached hydrogen (secondary N) is 2. The lowest BCUT2D eigenvalue weighted by molar-refractivity contribution is -0.116. The minimum Gasteiger partial charge on any atom is -0.506 e. The van der Waals surface area contributed by atoms with E-state index in [1.807, 2.05) is 13.8 Å². The second-order valence-electron chi connectivity index (χ2n) is 6.47. The molecule has 27 heavy (non-hydrogen) atoms. The smallest absolute Gasteiger partial charge is 0.262 e. The zero-order valence-electron chi connectivity index (χ0n) is 15.5. The largest absolute Gasteiger partial charge is 0.506 e. The van der Waals surface area contributed by atoms with Crippen LogP contribution < -0.4 is 14.8 Å². The van der Waals surface area contributed by atoms with Gasteiger partial charge < -0.3 is 15.2 Å². The SMILES string of the molecule is COc1ccccc1NS(=O)(=O)c1ccc(O)c(NC(=O)CCC(C)C)c1. The first-order valence-corrected chi connectivity index (χ1v) is 10.00. The number of carbonyl (C=O) groups is 1. The molecule has 2 rings (SSSR count). The summed E-state index contributed by atoms with van der Waals surface area (Å²) in [5.74, 6) is 0.249.